The summed E-state index contributed by atoms with van der Waals surface area (Å²) < 4.78 is 0. The van der Waals surface area contributed by atoms with Crippen molar-refractivity contribution in [2.24, 2.45) is 0 Å². The lowest BCUT2D eigenvalue weighted by molar-refractivity contribution is 0.416. The van der Waals surface area contributed by atoms with E-state index in [9.17, 15) is 0 Å². The average molecular weight is 291 g/mol. The van der Waals surface area contributed by atoms with Gasteiger partial charge in [0.05, 0.1) is 0 Å². The molecule has 1 aromatic rings. The van der Waals surface area contributed by atoms with E-state index in [1.165, 1.54) is 12.8 Å². The molecule has 0 unspecified atom stereocenters. The summed E-state index contributed by atoms with van der Waals surface area (Å²) in [6, 6.07) is 0. The molecule has 5 nitrogen and oxygen atoms in total. The van der Waals surface area contributed by atoms with Crippen LogP contribution in [0.25, 0.3) is 0 Å². The largest absolute Gasteiger partial charge is 0.370 e. The van der Waals surface area contributed by atoms with Gasteiger partial charge in [-0.05, 0) is 40.3 Å². The topological polar surface area (TPSA) is 44.3 Å². The Kier molecular flexibility index (Phi) is 5.39. The van der Waals surface area contributed by atoms with Crippen LogP contribution < -0.4 is 10.2 Å². The van der Waals surface area contributed by atoms with Crippen molar-refractivity contribution in [1.82, 2.24) is 14.9 Å². The molecule has 0 amide bonds. The maximum atomic E-state index is 4.84. The number of rotatable bonds is 8. The first kappa shape index (κ1) is 16.0. The molecule has 1 aliphatic carbocycles. The average Bonchev–Trinajstić information content (AvgIpc) is 3.28. The summed E-state index contributed by atoms with van der Waals surface area (Å²) in [5.41, 5.74) is 1.16. The van der Waals surface area contributed by atoms with Crippen LogP contribution in [-0.2, 0) is 0 Å². The summed E-state index contributed by atoms with van der Waals surface area (Å²) in [6.07, 6.45) is 3.57. The van der Waals surface area contributed by atoms with Crippen LogP contribution in [0.5, 0.6) is 0 Å². The fraction of sp³-hybridized carbons (Fsp3) is 0.750. The monoisotopic (exact) mass is 291 g/mol. The Hall–Kier alpha value is -1.36. The molecule has 0 spiro atoms. The lowest BCUT2D eigenvalue weighted by Crippen LogP contribution is -2.30. The summed E-state index contributed by atoms with van der Waals surface area (Å²) >= 11 is 0. The van der Waals surface area contributed by atoms with Crippen molar-refractivity contribution in [2.75, 3.05) is 51.0 Å². The summed E-state index contributed by atoms with van der Waals surface area (Å²) in [5.74, 6) is 3.69. The SMILES string of the molecule is CCCNc1nc(C2CC2)nc(N(C)CCN(C)C)c1C. The van der Waals surface area contributed by atoms with Gasteiger partial charge in [0, 0.05) is 38.2 Å². The zero-order chi connectivity index (χ0) is 15.4. The molecule has 118 valence electrons. The maximum Gasteiger partial charge on any atom is 0.137 e. The molecule has 2 rings (SSSR count). The van der Waals surface area contributed by atoms with Crippen LogP contribution in [0, 0.1) is 6.92 Å². The smallest absolute Gasteiger partial charge is 0.137 e. The van der Waals surface area contributed by atoms with E-state index < -0.39 is 0 Å². The molecule has 0 aromatic carbocycles. The first-order valence-corrected chi connectivity index (χ1v) is 8.01. The normalized spacial score (nSPS) is 14.6. The zero-order valence-corrected chi connectivity index (χ0v) is 14.1. The summed E-state index contributed by atoms with van der Waals surface area (Å²) in [5, 5.41) is 3.46. The molecular formula is C16H29N5. The van der Waals surface area contributed by atoms with Crippen LogP contribution in [0.3, 0.4) is 0 Å². The third kappa shape index (κ3) is 4.30. The van der Waals surface area contributed by atoms with Gasteiger partial charge in [-0.25, -0.2) is 9.97 Å². The predicted octanol–water partition coefficient (Wildman–Crippen LogP) is 2.48. The van der Waals surface area contributed by atoms with E-state index in [4.69, 9.17) is 9.97 Å². The van der Waals surface area contributed by atoms with E-state index in [0.29, 0.717) is 5.92 Å². The molecule has 1 N–H and O–H groups in total. The van der Waals surface area contributed by atoms with Crippen molar-refractivity contribution in [3.05, 3.63) is 11.4 Å². The Morgan fingerprint density at radius 3 is 2.43 bits per heavy atom. The highest BCUT2D eigenvalue weighted by molar-refractivity contribution is 5.58. The van der Waals surface area contributed by atoms with E-state index in [0.717, 1.165) is 49.1 Å². The quantitative estimate of drug-likeness (QED) is 0.797. The van der Waals surface area contributed by atoms with Crippen LogP contribution in [0.4, 0.5) is 11.6 Å². The third-order valence-corrected chi connectivity index (χ3v) is 3.87. The molecular weight excluding hydrogens is 262 g/mol. The van der Waals surface area contributed by atoms with Gasteiger partial charge in [-0.2, -0.15) is 0 Å². The van der Waals surface area contributed by atoms with E-state index in [1.807, 2.05) is 0 Å². The van der Waals surface area contributed by atoms with Gasteiger partial charge in [0.15, 0.2) is 0 Å². The summed E-state index contributed by atoms with van der Waals surface area (Å²) in [6.45, 7) is 7.26. The Morgan fingerprint density at radius 1 is 1.14 bits per heavy atom. The van der Waals surface area contributed by atoms with E-state index >= 15 is 0 Å². The van der Waals surface area contributed by atoms with Crippen LogP contribution >= 0.6 is 0 Å². The van der Waals surface area contributed by atoms with Crippen molar-refractivity contribution < 1.29 is 0 Å². The molecule has 21 heavy (non-hydrogen) atoms. The van der Waals surface area contributed by atoms with Gasteiger partial charge >= 0.3 is 0 Å². The molecule has 1 aliphatic rings. The molecule has 1 aromatic heterocycles. The molecule has 0 bridgehead atoms. The van der Waals surface area contributed by atoms with E-state index in [1.54, 1.807) is 0 Å². The van der Waals surface area contributed by atoms with Crippen molar-refractivity contribution in [1.29, 1.82) is 0 Å². The Balaban J connectivity index is 2.22. The first-order valence-electron chi connectivity index (χ1n) is 8.01. The lowest BCUT2D eigenvalue weighted by atomic mass is 10.2. The summed E-state index contributed by atoms with van der Waals surface area (Å²) in [4.78, 5) is 14.0. The third-order valence-electron chi connectivity index (χ3n) is 3.87. The molecule has 0 saturated heterocycles. The first-order chi connectivity index (χ1) is 10.0. The van der Waals surface area contributed by atoms with Crippen molar-refractivity contribution in [3.63, 3.8) is 0 Å². The van der Waals surface area contributed by atoms with Crippen molar-refractivity contribution in [2.45, 2.75) is 39.0 Å². The second kappa shape index (κ2) is 7.07. The Labute approximate surface area is 128 Å². The second-order valence-electron chi connectivity index (χ2n) is 6.30. The van der Waals surface area contributed by atoms with Gasteiger partial charge in [-0.3, -0.25) is 0 Å². The fourth-order valence-electron chi connectivity index (χ4n) is 2.29. The van der Waals surface area contributed by atoms with E-state index in [2.05, 4.69) is 50.1 Å². The predicted molar refractivity (Wildman–Crippen MR) is 89.3 cm³/mol. The maximum absolute atomic E-state index is 4.84. The molecule has 0 atom stereocenters. The lowest BCUT2D eigenvalue weighted by Gasteiger charge is -2.24. The van der Waals surface area contributed by atoms with E-state index in [-0.39, 0.29) is 0 Å². The van der Waals surface area contributed by atoms with Crippen molar-refractivity contribution in [3.8, 4) is 0 Å². The second-order valence-corrected chi connectivity index (χ2v) is 6.30. The minimum Gasteiger partial charge on any atom is -0.370 e. The highest BCUT2D eigenvalue weighted by Crippen LogP contribution is 2.39. The van der Waals surface area contributed by atoms with Gasteiger partial charge in [0.1, 0.15) is 17.5 Å². The molecule has 1 saturated carbocycles. The number of anilines is 2. The van der Waals surface area contributed by atoms with Gasteiger partial charge in [0.25, 0.3) is 0 Å². The minimum atomic E-state index is 0.578. The van der Waals surface area contributed by atoms with Gasteiger partial charge in [-0.1, -0.05) is 6.92 Å². The van der Waals surface area contributed by atoms with Gasteiger partial charge in [0.2, 0.25) is 0 Å². The molecule has 0 aliphatic heterocycles. The molecule has 5 heteroatoms. The number of likely N-dealkylation sites (N-methyl/N-ethyl adjacent to an activating group) is 2. The Bertz CT molecular complexity index is 468. The summed E-state index contributed by atoms with van der Waals surface area (Å²) in [7, 11) is 6.33. The van der Waals surface area contributed by atoms with Crippen LogP contribution in [0.15, 0.2) is 0 Å². The fourth-order valence-corrected chi connectivity index (χ4v) is 2.29. The van der Waals surface area contributed by atoms with Crippen LogP contribution in [-0.4, -0.2) is 55.6 Å². The number of hydrogen-bond donors (Lipinski definition) is 1. The highest BCUT2D eigenvalue weighted by Gasteiger charge is 2.28. The van der Waals surface area contributed by atoms with Crippen LogP contribution in [0.2, 0.25) is 0 Å². The molecule has 1 fully saturated rings. The van der Waals surface area contributed by atoms with Crippen molar-refractivity contribution >= 4 is 11.6 Å². The van der Waals surface area contributed by atoms with Gasteiger partial charge < -0.3 is 15.1 Å². The minimum absolute atomic E-state index is 0.578. The number of hydrogen-bond acceptors (Lipinski definition) is 5. The number of aromatic nitrogens is 2. The zero-order valence-electron chi connectivity index (χ0n) is 14.1. The highest BCUT2D eigenvalue weighted by atomic mass is 15.2. The van der Waals surface area contributed by atoms with Crippen LogP contribution in [0.1, 0.15) is 43.5 Å². The number of nitrogens with zero attached hydrogens (tertiary/aromatic N) is 4. The standard InChI is InChI=1S/C16H29N5/c1-6-9-17-14-12(2)16(21(5)11-10-20(3)4)19-15(18-14)13-7-8-13/h13H,6-11H2,1-5H3,(H,17,18,19). The molecule has 0 radical (unpaired) electrons. The Morgan fingerprint density at radius 2 is 1.86 bits per heavy atom. The molecule has 1 heterocycles. The number of nitrogens with one attached hydrogen (secondary N) is 1. The van der Waals surface area contributed by atoms with Gasteiger partial charge in [-0.15, -0.1) is 0 Å².